The van der Waals surface area contributed by atoms with Crippen LogP contribution in [0.5, 0.6) is 0 Å². The molecule has 6 atom stereocenters. The van der Waals surface area contributed by atoms with Crippen LogP contribution in [-0.4, -0.2) is 88.0 Å². The summed E-state index contributed by atoms with van der Waals surface area (Å²) in [5, 5.41) is 48.9. The number of hydrogen-bond donors (Lipinski definition) is 7. The lowest BCUT2D eigenvalue weighted by Gasteiger charge is -2.40. The van der Waals surface area contributed by atoms with Crippen molar-refractivity contribution in [3.63, 3.8) is 0 Å². The number of rotatable bonds is 36. The Morgan fingerprint density at radius 2 is 0.954 bits per heavy atom. The molecule has 1 fully saturated rings. The molecule has 0 spiro atoms. The highest BCUT2D eigenvalue weighted by molar-refractivity contribution is 5.87. The molecule has 65 heavy (non-hydrogen) atoms. The largest absolute Gasteiger partial charge is 0.394 e. The molecule has 11 heteroatoms. The average Bonchev–Trinajstić information content (AvgIpc) is 3.30. The number of aliphatic hydroxyl groups is 4. The molecule has 362 valence electrons. The number of carbonyl (C=O) groups is 3. The zero-order valence-corrected chi connectivity index (χ0v) is 39.4. The smallest absolute Gasteiger partial charge is 0.243 e. The van der Waals surface area contributed by atoms with E-state index < -0.39 is 49.2 Å². The van der Waals surface area contributed by atoms with Crippen LogP contribution in [0.15, 0.2) is 134 Å². The maximum absolute atomic E-state index is 13.4. The van der Waals surface area contributed by atoms with Gasteiger partial charge < -0.3 is 41.1 Å². The van der Waals surface area contributed by atoms with Gasteiger partial charge >= 0.3 is 0 Å². The number of unbranched alkanes of at least 4 members (excludes halogenated alkanes) is 2. The Morgan fingerprint density at radius 3 is 1.40 bits per heavy atom. The molecule has 1 saturated heterocycles. The number of allylic oxidation sites excluding steroid dienone is 22. The van der Waals surface area contributed by atoms with Crippen molar-refractivity contribution in [2.75, 3.05) is 13.2 Å². The van der Waals surface area contributed by atoms with Gasteiger partial charge in [0.15, 0.2) is 6.29 Å². The molecule has 0 aromatic rings. The van der Waals surface area contributed by atoms with Crippen molar-refractivity contribution in [2.45, 2.75) is 173 Å². The summed E-state index contributed by atoms with van der Waals surface area (Å²) in [5.41, 5.74) is 0. The molecule has 1 aliphatic rings. The monoisotopic (exact) mass is 902 g/mol. The van der Waals surface area contributed by atoms with Gasteiger partial charge in [0.05, 0.1) is 6.61 Å². The van der Waals surface area contributed by atoms with Gasteiger partial charge in [0.2, 0.25) is 17.7 Å². The molecule has 0 saturated carbocycles. The summed E-state index contributed by atoms with van der Waals surface area (Å²) in [5.74, 6) is -1.04. The molecular formula is C54H83N3O8. The third-order valence-electron chi connectivity index (χ3n) is 10.2. The number of aliphatic hydroxyl groups excluding tert-OH is 4. The molecule has 3 amide bonds. The number of amides is 3. The predicted octanol–water partition coefficient (Wildman–Crippen LogP) is 9.07. The topological polar surface area (TPSA) is 177 Å². The maximum Gasteiger partial charge on any atom is 0.243 e. The summed E-state index contributed by atoms with van der Waals surface area (Å²) in [7, 11) is 0. The molecule has 1 rings (SSSR count). The lowest BCUT2D eigenvalue weighted by Crippen LogP contribution is -2.65. The third-order valence-corrected chi connectivity index (χ3v) is 10.2. The van der Waals surface area contributed by atoms with E-state index in [0.717, 1.165) is 70.6 Å². The molecule has 0 bridgehead atoms. The van der Waals surface area contributed by atoms with Gasteiger partial charge in [0, 0.05) is 19.4 Å². The van der Waals surface area contributed by atoms with Crippen LogP contribution in [0, 0.1) is 0 Å². The van der Waals surface area contributed by atoms with Crippen LogP contribution >= 0.6 is 0 Å². The summed E-state index contributed by atoms with van der Waals surface area (Å²) >= 11 is 0. The summed E-state index contributed by atoms with van der Waals surface area (Å²) in [6.45, 7) is 4.04. The van der Waals surface area contributed by atoms with Crippen LogP contribution in [-0.2, 0) is 19.1 Å². The molecule has 0 radical (unpaired) electrons. The lowest BCUT2D eigenvalue weighted by molar-refractivity contribution is -0.254. The second kappa shape index (κ2) is 42.0. The molecule has 11 nitrogen and oxygen atoms in total. The van der Waals surface area contributed by atoms with Crippen molar-refractivity contribution >= 4 is 17.7 Å². The fourth-order valence-electron chi connectivity index (χ4n) is 6.45. The summed E-state index contributed by atoms with van der Waals surface area (Å²) in [6, 6.07) is -2.37. The first-order valence-electron chi connectivity index (χ1n) is 24.1. The first kappa shape index (κ1) is 58.4. The van der Waals surface area contributed by atoms with Crippen molar-refractivity contribution < 1.29 is 39.5 Å². The molecular weight excluding hydrogens is 819 g/mol. The van der Waals surface area contributed by atoms with Crippen LogP contribution in [0.3, 0.4) is 0 Å². The standard InChI is InChI=1S/C54H83N3O8/c1-3-5-7-9-11-13-15-17-19-21-22-24-25-27-29-31-33-35-37-42-48(59)55-44-40-39-41-46(53(63)57-50-52(62)51(61)47(45-58)65-54(50)64)56-49(60)43-38-36-34-32-30-28-26-23-20-18-16-14-12-10-8-6-4-2/h5-8,11-14,17-20,22,24,26-29,32-35,46-47,50-52,54,58,61-62,64H,3-4,9-10,15-16,21,23,25,30-31,36-45H2,1-2H3,(H,55,59)(H,56,60)(H,57,63)/b7-5-,8-6-,13-11-,14-12-,19-17-,20-18-,24-22-,28-26-,29-27-,34-32-,35-33-/t46-,47?,50?,51+,52?,54+/m0/s1. The highest BCUT2D eigenvalue weighted by Crippen LogP contribution is 2.20. The zero-order chi connectivity index (χ0) is 47.4. The molecule has 0 aliphatic carbocycles. The van der Waals surface area contributed by atoms with Crippen molar-refractivity contribution in [1.29, 1.82) is 0 Å². The molecule has 1 aliphatic heterocycles. The maximum atomic E-state index is 13.4. The van der Waals surface area contributed by atoms with Crippen LogP contribution in [0.1, 0.15) is 136 Å². The second-order valence-electron chi connectivity index (χ2n) is 15.8. The van der Waals surface area contributed by atoms with Crippen LogP contribution < -0.4 is 16.0 Å². The minimum atomic E-state index is -1.68. The summed E-state index contributed by atoms with van der Waals surface area (Å²) in [4.78, 5) is 38.8. The van der Waals surface area contributed by atoms with E-state index in [-0.39, 0.29) is 24.7 Å². The van der Waals surface area contributed by atoms with E-state index in [9.17, 15) is 34.8 Å². The highest BCUT2D eigenvalue weighted by atomic mass is 16.6. The summed E-state index contributed by atoms with van der Waals surface area (Å²) in [6.07, 6.45) is 55.0. The Kier molecular flexibility index (Phi) is 37.7. The fourth-order valence-corrected chi connectivity index (χ4v) is 6.45. The van der Waals surface area contributed by atoms with E-state index in [1.165, 1.54) is 0 Å². The van der Waals surface area contributed by atoms with Crippen molar-refractivity contribution in [1.82, 2.24) is 16.0 Å². The minimum Gasteiger partial charge on any atom is -0.394 e. The van der Waals surface area contributed by atoms with Gasteiger partial charge in [-0.25, -0.2) is 0 Å². The van der Waals surface area contributed by atoms with Gasteiger partial charge in [0.25, 0.3) is 0 Å². The molecule has 7 N–H and O–H groups in total. The second-order valence-corrected chi connectivity index (χ2v) is 15.8. The fraction of sp³-hybridized carbons (Fsp3) is 0.537. The quantitative estimate of drug-likeness (QED) is 0.0241. The third kappa shape index (κ3) is 32.6. The molecule has 1 heterocycles. The van der Waals surface area contributed by atoms with E-state index in [1.807, 2.05) is 12.2 Å². The van der Waals surface area contributed by atoms with Crippen LogP contribution in [0.2, 0.25) is 0 Å². The van der Waals surface area contributed by atoms with Crippen LogP contribution in [0.25, 0.3) is 0 Å². The molecule has 3 unspecified atom stereocenters. The number of hydrogen-bond acceptors (Lipinski definition) is 8. The van der Waals surface area contributed by atoms with Gasteiger partial charge in [0.1, 0.15) is 30.4 Å². The van der Waals surface area contributed by atoms with Gasteiger partial charge in [-0.05, 0) is 109 Å². The van der Waals surface area contributed by atoms with E-state index in [2.05, 4.69) is 151 Å². The highest BCUT2D eigenvalue weighted by Gasteiger charge is 2.44. The van der Waals surface area contributed by atoms with Crippen molar-refractivity contribution in [2.24, 2.45) is 0 Å². The normalized spacial score (nSPS) is 20.4. The van der Waals surface area contributed by atoms with Gasteiger partial charge in [-0.2, -0.15) is 0 Å². The minimum absolute atomic E-state index is 0.0698. The van der Waals surface area contributed by atoms with Gasteiger partial charge in [-0.15, -0.1) is 0 Å². The Bertz CT molecular complexity index is 1590. The number of carbonyl (C=O) groups excluding carboxylic acids is 3. The van der Waals surface area contributed by atoms with E-state index >= 15 is 0 Å². The van der Waals surface area contributed by atoms with Gasteiger partial charge in [-0.1, -0.05) is 148 Å². The van der Waals surface area contributed by atoms with E-state index in [4.69, 9.17) is 4.74 Å². The van der Waals surface area contributed by atoms with Crippen molar-refractivity contribution in [3.05, 3.63) is 134 Å². The average molecular weight is 902 g/mol. The number of nitrogens with one attached hydrogen (secondary N) is 3. The Balaban J connectivity index is 2.44. The zero-order valence-electron chi connectivity index (χ0n) is 39.4. The predicted molar refractivity (Wildman–Crippen MR) is 266 cm³/mol. The number of ether oxygens (including phenoxy) is 1. The van der Waals surface area contributed by atoms with Crippen LogP contribution in [0.4, 0.5) is 0 Å². The lowest BCUT2D eigenvalue weighted by atomic mass is 9.96. The summed E-state index contributed by atoms with van der Waals surface area (Å²) < 4.78 is 5.18. The van der Waals surface area contributed by atoms with Gasteiger partial charge in [-0.3, -0.25) is 14.4 Å². The SMILES string of the molecule is CC/C=C\C/C=C\C/C=C\C/C=C\C/C=C\C/C=C\CCC(=O)NCCCC[C@H](NC(=O)CCC/C=C\C/C=C\C/C=C\C/C=C\C/C=C\CC)C(=O)NC1C(O)[C@H](O)C(CO)O[C@H]1O. The molecule has 0 aromatic carbocycles. The van der Waals surface area contributed by atoms with E-state index in [0.29, 0.717) is 45.1 Å². The Hall–Kier alpha value is -4.65. The Labute approximate surface area is 391 Å². The first-order valence-corrected chi connectivity index (χ1v) is 24.1. The Morgan fingerprint density at radius 1 is 0.523 bits per heavy atom. The van der Waals surface area contributed by atoms with E-state index in [1.54, 1.807) is 0 Å². The first-order chi connectivity index (χ1) is 31.7. The van der Waals surface area contributed by atoms with Crippen molar-refractivity contribution in [3.8, 4) is 0 Å². The molecule has 0 aromatic heterocycles.